The zero-order chi connectivity index (χ0) is 21.1. The van der Waals surface area contributed by atoms with Gasteiger partial charge in [0.05, 0.1) is 10.0 Å². The zero-order valence-corrected chi connectivity index (χ0v) is 19.2. The quantitative estimate of drug-likeness (QED) is 0.220. The minimum atomic E-state index is -0.227. The molecule has 0 spiro atoms. The van der Waals surface area contributed by atoms with E-state index < -0.39 is 0 Å². The number of furan rings is 1. The summed E-state index contributed by atoms with van der Waals surface area (Å²) in [6.45, 7) is 4.50. The van der Waals surface area contributed by atoms with Gasteiger partial charge >= 0.3 is 0 Å². The van der Waals surface area contributed by atoms with Crippen LogP contribution in [0.25, 0.3) is 53.2 Å². The topological polar surface area (TPSA) is 13.1 Å². The Hall–Kier alpha value is -2.52. The van der Waals surface area contributed by atoms with Crippen LogP contribution in [-0.4, -0.2) is 0 Å². The molecule has 7 rings (SSSR count). The maximum atomic E-state index is 6.90. The molecule has 6 aromatic rings. The molecule has 0 unspecified atom stereocenters. The highest BCUT2D eigenvalue weighted by Crippen LogP contribution is 2.58. The van der Waals surface area contributed by atoms with Crippen molar-refractivity contribution in [2.75, 3.05) is 0 Å². The second-order valence-electron chi connectivity index (χ2n) is 8.79. The zero-order valence-electron chi connectivity index (χ0n) is 16.8. The van der Waals surface area contributed by atoms with Gasteiger partial charge in [0.1, 0.15) is 11.2 Å². The molecule has 0 N–H and O–H groups in total. The van der Waals surface area contributed by atoms with Gasteiger partial charge in [-0.05, 0) is 35.4 Å². The average Bonchev–Trinajstić information content (AvgIpc) is 3.38. The van der Waals surface area contributed by atoms with Gasteiger partial charge in [0, 0.05) is 47.5 Å². The van der Waals surface area contributed by atoms with E-state index in [-0.39, 0.29) is 5.41 Å². The molecule has 0 saturated heterocycles. The van der Waals surface area contributed by atoms with Crippen LogP contribution in [-0.2, 0) is 5.41 Å². The lowest BCUT2D eigenvalue weighted by atomic mass is 9.82. The summed E-state index contributed by atoms with van der Waals surface area (Å²) in [5.41, 5.74) is 6.33. The van der Waals surface area contributed by atoms with Crippen molar-refractivity contribution in [3.05, 3.63) is 81.8 Å². The van der Waals surface area contributed by atoms with Gasteiger partial charge in [-0.2, -0.15) is 0 Å². The van der Waals surface area contributed by atoms with E-state index in [2.05, 4.69) is 56.3 Å². The summed E-state index contributed by atoms with van der Waals surface area (Å²) in [5, 5.41) is 5.92. The summed E-state index contributed by atoms with van der Waals surface area (Å²) in [7, 11) is 0. The van der Waals surface area contributed by atoms with Crippen LogP contribution < -0.4 is 0 Å². The molecule has 1 aliphatic carbocycles. The Morgan fingerprint density at radius 3 is 2.23 bits per heavy atom. The van der Waals surface area contributed by atoms with Crippen molar-refractivity contribution in [2.45, 2.75) is 19.3 Å². The molecule has 1 nitrogen and oxygen atoms in total. The van der Waals surface area contributed by atoms with E-state index >= 15 is 0 Å². The summed E-state index contributed by atoms with van der Waals surface area (Å²) in [6, 6.07) is 20.9. The largest absolute Gasteiger partial charge is 0.455 e. The van der Waals surface area contributed by atoms with Crippen molar-refractivity contribution in [1.29, 1.82) is 0 Å². The minimum absolute atomic E-state index is 0.227. The van der Waals surface area contributed by atoms with Crippen LogP contribution in [0.2, 0.25) is 10.0 Å². The van der Waals surface area contributed by atoms with Crippen LogP contribution in [0.5, 0.6) is 0 Å². The van der Waals surface area contributed by atoms with Crippen LogP contribution in [0.1, 0.15) is 25.0 Å². The second kappa shape index (κ2) is 5.83. The molecule has 0 saturated carbocycles. The Morgan fingerprint density at radius 1 is 0.774 bits per heavy atom. The predicted molar refractivity (Wildman–Crippen MR) is 134 cm³/mol. The van der Waals surface area contributed by atoms with Crippen molar-refractivity contribution < 1.29 is 4.42 Å². The first-order valence-corrected chi connectivity index (χ1v) is 11.8. The highest BCUT2D eigenvalue weighted by molar-refractivity contribution is 7.26. The van der Waals surface area contributed by atoms with Crippen molar-refractivity contribution in [2.24, 2.45) is 0 Å². The maximum Gasteiger partial charge on any atom is 0.145 e. The molecule has 4 heteroatoms. The SMILES string of the molecule is CC1(C)c2cc(Cl)c3c(oc4ccccc43)c2-c2c1cc(Cl)c1c2sc2ccccc21. The molecule has 150 valence electrons. The van der Waals surface area contributed by atoms with Crippen molar-refractivity contribution in [1.82, 2.24) is 0 Å². The summed E-state index contributed by atoms with van der Waals surface area (Å²) >= 11 is 15.6. The van der Waals surface area contributed by atoms with Crippen molar-refractivity contribution >= 4 is 76.6 Å². The van der Waals surface area contributed by atoms with E-state index in [4.69, 9.17) is 27.6 Å². The Morgan fingerprint density at radius 2 is 1.42 bits per heavy atom. The van der Waals surface area contributed by atoms with Gasteiger partial charge in [-0.3, -0.25) is 0 Å². The summed E-state index contributed by atoms with van der Waals surface area (Å²) in [6.07, 6.45) is 0. The van der Waals surface area contributed by atoms with Crippen molar-refractivity contribution in [3.63, 3.8) is 0 Å². The summed E-state index contributed by atoms with van der Waals surface area (Å²) in [5.74, 6) is 0. The van der Waals surface area contributed by atoms with Crippen LogP contribution >= 0.6 is 34.5 Å². The number of thiophene rings is 1. The van der Waals surface area contributed by atoms with Crippen LogP contribution in [0.15, 0.2) is 65.1 Å². The Labute approximate surface area is 192 Å². The molecule has 31 heavy (non-hydrogen) atoms. The fourth-order valence-corrected chi connectivity index (χ4v) is 7.27. The third kappa shape index (κ3) is 2.13. The van der Waals surface area contributed by atoms with Gasteiger partial charge in [-0.15, -0.1) is 11.3 Å². The van der Waals surface area contributed by atoms with Gasteiger partial charge in [0.25, 0.3) is 0 Å². The number of hydrogen-bond donors (Lipinski definition) is 0. The summed E-state index contributed by atoms with van der Waals surface area (Å²) in [4.78, 5) is 0. The third-order valence-electron chi connectivity index (χ3n) is 6.80. The predicted octanol–water partition coefficient (Wildman–Crippen LogP) is 9.57. The first-order chi connectivity index (χ1) is 15.0. The molecule has 4 aromatic carbocycles. The van der Waals surface area contributed by atoms with E-state index in [0.29, 0.717) is 0 Å². The standard InChI is InChI=1S/C27H16Cl2OS/c1-27(2)15-11-17(28)21-13-7-3-5-9-19(13)30-25(21)23(15)24-16(27)12-18(29)22-14-8-4-6-10-20(14)31-26(22)24/h3-12H,1-2H3. The fourth-order valence-electron chi connectivity index (χ4n) is 5.33. The Kier molecular flexibility index (Phi) is 3.40. The average molecular weight is 459 g/mol. The lowest BCUT2D eigenvalue weighted by molar-refractivity contribution is 0.653. The van der Waals surface area contributed by atoms with Gasteiger partial charge in [-0.25, -0.2) is 0 Å². The molecule has 1 aliphatic rings. The highest BCUT2D eigenvalue weighted by atomic mass is 35.5. The number of benzene rings is 4. The minimum Gasteiger partial charge on any atom is -0.455 e. The van der Waals surface area contributed by atoms with E-state index in [1.54, 1.807) is 11.3 Å². The lowest BCUT2D eigenvalue weighted by Crippen LogP contribution is -2.15. The number of para-hydroxylation sites is 1. The maximum absolute atomic E-state index is 6.90. The fraction of sp³-hybridized carbons (Fsp3) is 0.111. The molecule has 0 radical (unpaired) electrons. The monoisotopic (exact) mass is 458 g/mol. The molecule has 0 amide bonds. The molecule has 0 bridgehead atoms. The molecule has 0 atom stereocenters. The third-order valence-corrected chi connectivity index (χ3v) is 8.58. The van der Waals surface area contributed by atoms with Crippen LogP contribution in [0.3, 0.4) is 0 Å². The normalized spacial score (nSPS) is 14.7. The number of rotatable bonds is 0. The van der Waals surface area contributed by atoms with E-state index in [9.17, 15) is 0 Å². The number of halogens is 2. The molecule has 0 aliphatic heterocycles. The first kappa shape index (κ1) is 18.1. The van der Waals surface area contributed by atoms with Crippen molar-refractivity contribution in [3.8, 4) is 11.1 Å². The molecule has 0 fully saturated rings. The number of fused-ring (bicyclic) bond motifs is 11. The van der Waals surface area contributed by atoms with Gasteiger partial charge < -0.3 is 4.42 Å². The van der Waals surface area contributed by atoms with Gasteiger partial charge in [0.2, 0.25) is 0 Å². The molecule has 2 heterocycles. The second-order valence-corrected chi connectivity index (χ2v) is 10.7. The van der Waals surface area contributed by atoms with Gasteiger partial charge in [0.15, 0.2) is 0 Å². The summed E-state index contributed by atoms with van der Waals surface area (Å²) < 4.78 is 8.93. The van der Waals surface area contributed by atoms with Crippen LogP contribution in [0.4, 0.5) is 0 Å². The van der Waals surface area contributed by atoms with Gasteiger partial charge in [-0.1, -0.05) is 73.4 Å². The molecule has 2 aromatic heterocycles. The van der Waals surface area contributed by atoms with E-state index in [1.165, 1.54) is 31.5 Å². The molecular weight excluding hydrogens is 443 g/mol. The Balaban J connectivity index is 1.76. The Bertz CT molecular complexity index is 1610. The van der Waals surface area contributed by atoms with E-state index in [0.717, 1.165) is 42.9 Å². The molecular formula is C27H16Cl2OS. The first-order valence-electron chi connectivity index (χ1n) is 10.3. The smallest absolute Gasteiger partial charge is 0.145 e. The van der Waals surface area contributed by atoms with Crippen LogP contribution in [0, 0.1) is 0 Å². The lowest BCUT2D eigenvalue weighted by Gasteiger charge is -2.22. The number of hydrogen-bond acceptors (Lipinski definition) is 2. The highest BCUT2D eigenvalue weighted by Gasteiger charge is 2.40. The van der Waals surface area contributed by atoms with E-state index in [1.807, 2.05) is 18.2 Å².